The van der Waals surface area contributed by atoms with Crippen LogP contribution in [0.3, 0.4) is 0 Å². The fourth-order valence-corrected chi connectivity index (χ4v) is 2.94. The molecule has 3 aliphatic rings. The van der Waals surface area contributed by atoms with Gasteiger partial charge in [0.15, 0.2) is 0 Å². The number of fused-ring (bicyclic) bond motifs is 2. The van der Waals surface area contributed by atoms with Crippen molar-refractivity contribution in [1.29, 1.82) is 0 Å². The Kier molecular flexibility index (Phi) is 0.427. The third kappa shape index (κ3) is 0.240. The highest BCUT2D eigenvalue weighted by Gasteiger charge is 2.65. The van der Waals surface area contributed by atoms with E-state index in [1.165, 1.54) is 11.8 Å². The monoisotopic (exact) mass is 108 g/mol. The molecule has 0 aromatic carbocycles. The molecule has 0 heterocycles. The maximum atomic E-state index is 1.62. The van der Waals surface area contributed by atoms with Gasteiger partial charge in [-0.05, 0) is 42.9 Å². The van der Waals surface area contributed by atoms with Crippen LogP contribution in [0.5, 0.6) is 0 Å². The highest BCUT2D eigenvalue weighted by molar-refractivity contribution is 5.14. The lowest BCUT2D eigenvalue weighted by Crippen LogP contribution is -2.39. The van der Waals surface area contributed by atoms with E-state index in [-0.39, 0.29) is 0 Å². The second-order valence-electron chi connectivity index (χ2n) is 4.02. The molecule has 0 saturated heterocycles. The van der Waals surface area contributed by atoms with Gasteiger partial charge in [0.2, 0.25) is 0 Å². The Balaban J connectivity index is 1.89. The van der Waals surface area contributed by atoms with Crippen molar-refractivity contribution in [3.8, 4) is 0 Å². The zero-order valence-corrected chi connectivity index (χ0v) is 5.19. The molecule has 44 valence electrons. The highest BCUT2D eigenvalue weighted by atomic mass is 14.7. The van der Waals surface area contributed by atoms with Gasteiger partial charge in [0.25, 0.3) is 0 Å². The van der Waals surface area contributed by atoms with Gasteiger partial charge in [0.1, 0.15) is 0 Å². The van der Waals surface area contributed by atoms with Crippen LogP contribution in [0.2, 0.25) is 0 Å². The fourth-order valence-electron chi connectivity index (χ4n) is 2.94. The predicted molar refractivity (Wildman–Crippen MR) is 32.5 cm³/mol. The van der Waals surface area contributed by atoms with E-state index >= 15 is 0 Å². The molecule has 3 rings (SSSR count). The van der Waals surface area contributed by atoms with Crippen LogP contribution in [-0.4, -0.2) is 0 Å². The Morgan fingerprint density at radius 2 is 2.12 bits per heavy atom. The van der Waals surface area contributed by atoms with E-state index in [0.717, 1.165) is 5.41 Å². The molecule has 0 heteroatoms. The van der Waals surface area contributed by atoms with E-state index < -0.39 is 0 Å². The lowest BCUT2D eigenvalue weighted by atomic mass is 9.56. The molecule has 0 aromatic heterocycles. The summed E-state index contributed by atoms with van der Waals surface area (Å²) in [5.74, 6) is 2.48. The van der Waals surface area contributed by atoms with Crippen LogP contribution in [0, 0.1) is 17.3 Å². The SMILES string of the molecule is C1CC2(C1)CC1CC12. The molecule has 3 saturated carbocycles. The molecular weight excluding hydrogens is 96.1 g/mol. The van der Waals surface area contributed by atoms with Gasteiger partial charge in [-0.1, -0.05) is 6.42 Å². The van der Waals surface area contributed by atoms with Gasteiger partial charge >= 0.3 is 0 Å². The zero-order chi connectivity index (χ0) is 5.19. The molecule has 2 unspecified atom stereocenters. The maximum Gasteiger partial charge on any atom is -0.0264 e. The van der Waals surface area contributed by atoms with Crippen LogP contribution < -0.4 is 0 Å². The summed E-state index contributed by atoms with van der Waals surface area (Å²) >= 11 is 0. The quantitative estimate of drug-likeness (QED) is 0.446. The predicted octanol–water partition coefficient (Wildman–Crippen LogP) is 2.20. The van der Waals surface area contributed by atoms with Gasteiger partial charge in [0.05, 0.1) is 0 Å². The minimum absolute atomic E-state index is 0.977. The summed E-state index contributed by atoms with van der Waals surface area (Å²) in [6.07, 6.45) is 7.96. The lowest BCUT2D eigenvalue weighted by molar-refractivity contribution is 0.0141. The number of hydrogen-bond acceptors (Lipinski definition) is 0. The summed E-state index contributed by atoms with van der Waals surface area (Å²) in [6.45, 7) is 0. The second-order valence-corrected chi connectivity index (χ2v) is 4.02. The molecule has 8 heavy (non-hydrogen) atoms. The first-order valence-electron chi connectivity index (χ1n) is 3.91. The Morgan fingerprint density at radius 3 is 2.25 bits per heavy atom. The standard InChI is InChI=1S/C8H12/c1-2-8(3-1)5-6-4-7(6)8/h6-7H,1-5H2. The first kappa shape index (κ1) is 3.92. The van der Waals surface area contributed by atoms with Crippen LogP contribution in [0.1, 0.15) is 32.1 Å². The van der Waals surface area contributed by atoms with E-state index in [4.69, 9.17) is 0 Å². The Morgan fingerprint density at radius 1 is 1.25 bits per heavy atom. The van der Waals surface area contributed by atoms with Gasteiger partial charge in [0, 0.05) is 0 Å². The average molecular weight is 108 g/mol. The topological polar surface area (TPSA) is 0 Å². The summed E-state index contributed by atoms with van der Waals surface area (Å²) in [5, 5.41) is 0. The van der Waals surface area contributed by atoms with E-state index in [1.54, 1.807) is 32.1 Å². The molecule has 0 N–H and O–H groups in total. The molecule has 0 aliphatic heterocycles. The van der Waals surface area contributed by atoms with Gasteiger partial charge in [-0.3, -0.25) is 0 Å². The molecule has 0 radical (unpaired) electrons. The molecule has 0 amide bonds. The highest BCUT2D eigenvalue weighted by Crippen LogP contribution is 2.74. The Hall–Kier alpha value is 0. The fraction of sp³-hybridized carbons (Fsp3) is 1.00. The summed E-state index contributed by atoms with van der Waals surface area (Å²) in [6, 6.07) is 0. The van der Waals surface area contributed by atoms with Crippen LogP contribution in [0.15, 0.2) is 0 Å². The molecule has 3 fully saturated rings. The van der Waals surface area contributed by atoms with E-state index in [2.05, 4.69) is 0 Å². The molecular formula is C8H12. The molecule has 2 atom stereocenters. The second kappa shape index (κ2) is 0.872. The van der Waals surface area contributed by atoms with E-state index in [9.17, 15) is 0 Å². The largest absolute Gasteiger partial charge is 0.0522 e. The van der Waals surface area contributed by atoms with Crippen LogP contribution >= 0.6 is 0 Å². The normalized spacial score (nSPS) is 54.0. The minimum Gasteiger partial charge on any atom is -0.0522 e. The maximum absolute atomic E-state index is 1.62. The first-order chi connectivity index (χ1) is 3.91. The minimum atomic E-state index is 0.977. The lowest BCUT2D eigenvalue weighted by Gasteiger charge is -2.49. The van der Waals surface area contributed by atoms with Crippen molar-refractivity contribution < 1.29 is 0 Å². The third-order valence-corrected chi connectivity index (χ3v) is 3.73. The van der Waals surface area contributed by atoms with Crippen molar-refractivity contribution in [1.82, 2.24) is 0 Å². The summed E-state index contributed by atoms with van der Waals surface area (Å²) in [5.41, 5.74) is 0.977. The Bertz CT molecular complexity index is 133. The third-order valence-electron chi connectivity index (χ3n) is 3.73. The van der Waals surface area contributed by atoms with E-state index in [1.807, 2.05) is 0 Å². The number of hydrogen-bond donors (Lipinski definition) is 0. The average Bonchev–Trinajstić information content (AvgIpc) is 2.10. The van der Waals surface area contributed by atoms with Crippen molar-refractivity contribution >= 4 is 0 Å². The first-order valence-corrected chi connectivity index (χ1v) is 3.91. The Labute approximate surface area is 50.3 Å². The molecule has 0 nitrogen and oxygen atoms in total. The smallest absolute Gasteiger partial charge is 0.0264 e. The van der Waals surface area contributed by atoms with Gasteiger partial charge < -0.3 is 0 Å². The van der Waals surface area contributed by atoms with Crippen molar-refractivity contribution in [2.24, 2.45) is 17.3 Å². The zero-order valence-electron chi connectivity index (χ0n) is 5.19. The van der Waals surface area contributed by atoms with Crippen LogP contribution in [0.25, 0.3) is 0 Å². The number of rotatable bonds is 0. The van der Waals surface area contributed by atoms with Crippen molar-refractivity contribution in [3.05, 3.63) is 0 Å². The molecule has 3 aliphatic carbocycles. The van der Waals surface area contributed by atoms with Gasteiger partial charge in [-0.2, -0.15) is 0 Å². The van der Waals surface area contributed by atoms with Crippen molar-refractivity contribution in [2.75, 3.05) is 0 Å². The van der Waals surface area contributed by atoms with Crippen LogP contribution in [0.4, 0.5) is 0 Å². The van der Waals surface area contributed by atoms with Gasteiger partial charge in [-0.15, -0.1) is 0 Å². The summed E-state index contributed by atoms with van der Waals surface area (Å²) in [7, 11) is 0. The van der Waals surface area contributed by atoms with E-state index in [0.29, 0.717) is 0 Å². The van der Waals surface area contributed by atoms with Crippen molar-refractivity contribution in [2.45, 2.75) is 32.1 Å². The molecule has 0 aromatic rings. The molecule has 0 bridgehead atoms. The van der Waals surface area contributed by atoms with Crippen molar-refractivity contribution in [3.63, 3.8) is 0 Å². The molecule has 1 spiro atoms. The summed E-state index contributed by atoms with van der Waals surface area (Å²) in [4.78, 5) is 0. The van der Waals surface area contributed by atoms with Gasteiger partial charge in [-0.25, -0.2) is 0 Å². The summed E-state index contributed by atoms with van der Waals surface area (Å²) < 4.78 is 0. The van der Waals surface area contributed by atoms with Crippen LogP contribution in [-0.2, 0) is 0 Å².